The second-order valence-electron chi connectivity index (χ2n) is 6.82. The van der Waals surface area contributed by atoms with Gasteiger partial charge >= 0.3 is 0 Å². The van der Waals surface area contributed by atoms with E-state index in [0.717, 1.165) is 29.7 Å². The van der Waals surface area contributed by atoms with Crippen LogP contribution in [0, 0.1) is 6.92 Å². The molecule has 3 aromatic heterocycles. The lowest BCUT2D eigenvalue weighted by Gasteiger charge is -2.14. The summed E-state index contributed by atoms with van der Waals surface area (Å²) in [5.74, 6) is 0. The number of ether oxygens (including phenoxy) is 1. The van der Waals surface area contributed by atoms with Crippen molar-refractivity contribution >= 4 is 32.5 Å². The van der Waals surface area contributed by atoms with Gasteiger partial charge in [-0.3, -0.25) is 14.7 Å². The molecule has 138 valence electrons. The fourth-order valence-electron chi connectivity index (χ4n) is 3.72. The van der Waals surface area contributed by atoms with E-state index in [1.165, 1.54) is 22.1 Å². The van der Waals surface area contributed by atoms with Gasteiger partial charge in [-0.05, 0) is 31.9 Å². The van der Waals surface area contributed by atoms with Crippen LogP contribution < -0.4 is 11.1 Å². The zero-order valence-corrected chi connectivity index (χ0v) is 15.6. The molecule has 4 aromatic rings. The van der Waals surface area contributed by atoms with Gasteiger partial charge in [-0.1, -0.05) is 23.5 Å². The third kappa shape index (κ3) is 2.64. The summed E-state index contributed by atoms with van der Waals surface area (Å²) in [6.07, 6.45) is 1.98. The lowest BCUT2D eigenvalue weighted by molar-refractivity contribution is 0.0958. The van der Waals surface area contributed by atoms with Gasteiger partial charge < -0.3 is 9.30 Å². The molecule has 1 unspecified atom stereocenters. The molecule has 1 aromatic carbocycles. The van der Waals surface area contributed by atoms with Crippen molar-refractivity contribution in [3.8, 4) is 5.13 Å². The van der Waals surface area contributed by atoms with E-state index in [9.17, 15) is 9.59 Å². The van der Waals surface area contributed by atoms with Gasteiger partial charge in [0.15, 0.2) is 0 Å². The first kappa shape index (κ1) is 16.5. The fraction of sp³-hybridized carbons (Fsp3) is 0.316. The Morgan fingerprint density at radius 1 is 1.33 bits per heavy atom. The molecular formula is C19H18N4O3S. The van der Waals surface area contributed by atoms with Gasteiger partial charge in [0.1, 0.15) is 0 Å². The number of para-hydroxylation sites is 1. The molecule has 1 atom stereocenters. The Kier molecular flexibility index (Phi) is 3.76. The smallest absolute Gasteiger partial charge is 0.282 e. The molecule has 27 heavy (non-hydrogen) atoms. The minimum atomic E-state index is -0.192. The average molecular weight is 382 g/mol. The van der Waals surface area contributed by atoms with Gasteiger partial charge in [0.05, 0.1) is 33.8 Å². The highest BCUT2D eigenvalue weighted by Gasteiger charge is 2.21. The van der Waals surface area contributed by atoms with Crippen LogP contribution in [-0.4, -0.2) is 32.0 Å². The number of nitrogens with one attached hydrogen (secondary N) is 1. The van der Waals surface area contributed by atoms with Crippen molar-refractivity contribution < 1.29 is 4.74 Å². The molecule has 5 rings (SSSR count). The molecule has 8 heteroatoms. The number of hydrogen-bond donors (Lipinski definition) is 1. The van der Waals surface area contributed by atoms with E-state index in [-0.39, 0.29) is 17.2 Å². The summed E-state index contributed by atoms with van der Waals surface area (Å²) in [7, 11) is 0. The number of aryl methyl sites for hydroxylation is 1. The Morgan fingerprint density at radius 3 is 2.96 bits per heavy atom. The van der Waals surface area contributed by atoms with E-state index in [4.69, 9.17) is 4.74 Å². The van der Waals surface area contributed by atoms with Crippen LogP contribution in [0.15, 0.2) is 39.9 Å². The first-order valence-corrected chi connectivity index (χ1v) is 9.76. The average Bonchev–Trinajstić information content (AvgIpc) is 3.37. The van der Waals surface area contributed by atoms with E-state index in [1.807, 2.05) is 31.2 Å². The normalized spacial score (nSPS) is 17.3. The summed E-state index contributed by atoms with van der Waals surface area (Å²) in [6, 6.07) is 9.24. The zero-order chi connectivity index (χ0) is 18.5. The molecular weight excluding hydrogens is 364 g/mol. The highest BCUT2D eigenvalue weighted by atomic mass is 32.1. The minimum Gasteiger partial charge on any atom is -0.376 e. The predicted octanol–water partition coefficient (Wildman–Crippen LogP) is 2.58. The monoisotopic (exact) mass is 382 g/mol. The minimum absolute atomic E-state index is 0.0317. The Bertz CT molecular complexity index is 1240. The number of aromatic nitrogens is 4. The van der Waals surface area contributed by atoms with Crippen LogP contribution in [0.1, 0.15) is 18.5 Å². The van der Waals surface area contributed by atoms with Gasteiger partial charge in [-0.15, -0.1) is 0 Å². The molecule has 1 aliphatic rings. The number of fused-ring (bicyclic) bond motifs is 2. The van der Waals surface area contributed by atoms with Gasteiger partial charge in [0.2, 0.25) is 5.13 Å². The largest absolute Gasteiger partial charge is 0.376 e. The number of hydrogen-bond acceptors (Lipinski definition) is 5. The third-order valence-electron chi connectivity index (χ3n) is 5.10. The highest BCUT2D eigenvalue weighted by molar-refractivity contribution is 7.20. The van der Waals surface area contributed by atoms with Gasteiger partial charge in [0, 0.05) is 18.4 Å². The summed E-state index contributed by atoms with van der Waals surface area (Å²) < 4.78 is 9.74. The number of benzene rings is 1. The second-order valence-corrected chi connectivity index (χ2v) is 7.83. The van der Waals surface area contributed by atoms with Crippen molar-refractivity contribution in [1.29, 1.82) is 0 Å². The molecule has 0 spiro atoms. The number of H-pyrrole nitrogens is 1. The summed E-state index contributed by atoms with van der Waals surface area (Å²) in [5, 5.41) is 4.14. The predicted molar refractivity (Wildman–Crippen MR) is 105 cm³/mol. The first-order chi connectivity index (χ1) is 13.1. The maximum atomic E-state index is 13.1. The number of nitrogens with zero attached hydrogens (tertiary/aromatic N) is 3. The van der Waals surface area contributed by atoms with Crippen LogP contribution in [0.25, 0.3) is 26.3 Å². The Labute approximate surface area is 157 Å². The van der Waals surface area contributed by atoms with Crippen LogP contribution in [0.2, 0.25) is 0 Å². The molecule has 1 N–H and O–H groups in total. The molecule has 1 saturated heterocycles. The molecule has 0 amide bonds. The van der Waals surface area contributed by atoms with Gasteiger partial charge in [0.25, 0.3) is 11.1 Å². The third-order valence-corrected chi connectivity index (χ3v) is 6.12. The summed E-state index contributed by atoms with van der Waals surface area (Å²) >= 11 is 1.44. The van der Waals surface area contributed by atoms with Crippen LogP contribution in [0.5, 0.6) is 0 Å². The SMILES string of the molecule is Cc1c2c(=O)n(-c3nc4ccccc4s3)[nH]c2cc(=O)n1CC1CCCO1. The highest BCUT2D eigenvalue weighted by Crippen LogP contribution is 2.24. The molecule has 0 bridgehead atoms. The summed E-state index contributed by atoms with van der Waals surface area (Å²) in [4.78, 5) is 30.2. The van der Waals surface area contributed by atoms with E-state index >= 15 is 0 Å². The zero-order valence-electron chi connectivity index (χ0n) is 14.8. The Morgan fingerprint density at radius 2 is 2.19 bits per heavy atom. The standard InChI is InChI=1S/C19H18N4O3S/c1-11-17-14(9-16(24)22(11)10-12-5-4-8-26-12)21-23(18(17)25)19-20-13-6-2-3-7-15(13)27-19/h2-3,6-7,9,12,21H,4-5,8,10H2,1H3. The van der Waals surface area contributed by atoms with E-state index in [0.29, 0.717) is 28.3 Å². The number of thiazole rings is 1. The van der Waals surface area contributed by atoms with Crippen LogP contribution in [0.4, 0.5) is 0 Å². The molecule has 1 aliphatic heterocycles. The van der Waals surface area contributed by atoms with Crippen molar-refractivity contribution in [2.75, 3.05) is 6.61 Å². The van der Waals surface area contributed by atoms with Gasteiger partial charge in [-0.25, -0.2) is 4.98 Å². The van der Waals surface area contributed by atoms with Gasteiger partial charge in [-0.2, -0.15) is 4.68 Å². The lowest BCUT2D eigenvalue weighted by atomic mass is 10.2. The fourth-order valence-corrected chi connectivity index (χ4v) is 4.64. The maximum Gasteiger partial charge on any atom is 0.282 e. The quantitative estimate of drug-likeness (QED) is 0.590. The molecule has 4 heterocycles. The van der Waals surface area contributed by atoms with Crippen LogP contribution in [0.3, 0.4) is 0 Å². The van der Waals surface area contributed by atoms with Crippen molar-refractivity contribution in [3.63, 3.8) is 0 Å². The molecule has 0 radical (unpaired) electrons. The number of pyridine rings is 1. The molecule has 1 fully saturated rings. The Balaban J connectivity index is 1.67. The van der Waals surface area contributed by atoms with Crippen molar-refractivity contribution in [2.45, 2.75) is 32.4 Å². The van der Waals surface area contributed by atoms with Crippen molar-refractivity contribution in [3.05, 3.63) is 56.7 Å². The lowest BCUT2D eigenvalue weighted by Crippen LogP contribution is -2.28. The summed E-state index contributed by atoms with van der Waals surface area (Å²) in [5.41, 5.74) is 1.72. The van der Waals surface area contributed by atoms with E-state index < -0.39 is 0 Å². The number of aromatic amines is 1. The van der Waals surface area contributed by atoms with E-state index in [1.54, 1.807) is 4.57 Å². The maximum absolute atomic E-state index is 13.1. The van der Waals surface area contributed by atoms with Crippen molar-refractivity contribution in [1.82, 2.24) is 19.3 Å². The summed E-state index contributed by atoms with van der Waals surface area (Å²) in [6.45, 7) is 3.03. The second kappa shape index (κ2) is 6.17. The number of rotatable bonds is 3. The van der Waals surface area contributed by atoms with Crippen molar-refractivity contribution in [2.24, 2.45) is 0 Å². The van der Waals surface area contributed by atoms with E-state index in [2.05, 4.69) is 10.1 Å². The Hall–Kier alpha value is -2.71. The van der Waals surface area contributed by atoms with Crippen LogP contribution in [-0.2, 0) is 11.3 Å². The molecule has 0 saturated carbocycles. The topological polar surface area (TPSA) is 81.9 Å². The van der Waals surface area contributed by atoms with Crippen LogP contribution >= 0.6 is 11.3 Å². The molecule has 0 aliphatic carbocycles. The molecule has 7 nitrogen and oxygen atoms in total. The first-order valence-electron chi connectivity index (χ1n) is 8.94.